The van der Waals surface area contributed by atoms with Crippen molar-refractivity contribution in [3.63, 3.8) is 0 Å². The maximum absolute atomic E-state index is 13.0. The highest BCUT2D eigenvalue weighted by Crippen LogP contribution is 2.32. The summed E-state index contributed by atoms with van der Waals surface area (Å²) >= 11 is 6.25. The number of rotatable bonds is 6. The molecule has 3 aromatic carbocycles. The molecule has 0 heterocycles. The van der Waals surface area contributed by atoms with Gasteiger partial charge in [-0.25, -0.2) is 4.39 Å². The third-order valence-electron chi connectivity index (χ3n) is 4.25. The van der Waals surface area contributed by atoms with E-state index in [2.05, 4.69) is 50.7 Å². The van der Waals surface area contributed by atoms with Crippen molar-refractivity contribution >= 4 is 30.2 Å². The van der Waals surface area contributed by atoms with Crippen LogP contribution in [0.5, 0.6) is 0 Å². The van der Waals surface area contributed by atoms with Crippen LogP contribution >= 0.6 is 24.4 Å². The molecule has 1 nitrogen and oxygen atoms in total. The van der Waals surface area contributed by atoms with Crippen LogP contribution in [0.4, 0.5) is 4.39 Å². The molecular weight excluding hydrogens is 375 g/mol. The van der Waals surface area contributed by atoms with Gasteiger partial charge in [-0.05, 0) is 61.4 Å². The number of thiol groups is 1. The number of hydrogen-bond donors (Lipinski definition) is 1. The average Bonchev–Trinajstić information content (AvgIpc) is 2.64. The van der Waals surface area contributed by atoms with Gasteiger partial charge in [0, 0.05) is 26.5 Å². The Bertz CT molecular complexity index is 909. The predicted molar refractivity (Wildman–Crippen MR) is 113 cm³/mol. The van der Waals surface area contributed by atoms with Crippen molar-refractivity contribution in [3.8, 4) is 0 Å². The number of ketones is 1. The minimum atomic E-state index is -0.293. The minimum Gasteiger partial charge on any atom is -0.294 e. The lowest BCUT2D eigenvalue weighted by Gasteiger charge is -2.18. The number of hydrogen-bond acceptors (Lipinski definition) is 3. The molecule has 0 amide bonds. The molecule has 0 saturated heterocycles. The molecule has 3 rings (SSSR count). The van der Waals surface area contributed by atoms with Crippen molar-refractivity contribution in [2.45, 2.75) is 34.8 Å². The summed E-state index contributed by atoms with van der Waals surface area (Å²) in [4.78, 5) is 14.6. The Balaban J connectivity index is 1.64. The van der Waals surface area contributed by atoms with E-state index in [1.807, 2.05) is 24.3 Å². The van der Waals surface area contributed by atoms with Gasteiger partial charge in [0.05, 0.1) is 0 Å². The number of carbonyl (C=O) groups is 1. The highest BCUT2D eigenvalue weighted by molar-refractivity contribution is 7.99. The summed E-state index contributed by atoms with van der Waals surface area (Å²) in [5.41, 5.74) is 2.65. The van der Waals surface area contributed by atoms with Gasteiger partial charge in [0.25, 0.3) is 0 Å². The largest absolute Gasteiger partial charge is 0.294 e. The Morgan fingerprint density at radius 2 is 1.41 bits per heavy atom. The van der Waals surface area contributed by atoms with E-state index in [0.29, 0.717) is 5.56 Å². The van der Waals surface area contributed by atoms with Gasteiger partial charge in [-0.2, -0.15) is 12.6 Å². The van der Waals surface area contributed by atoms with Crippen molar-refractivity contribution in [1.29, 1.82) is 0 Å². The molecule has 0 radical (unpaired) electrons. The SMILES string of the molecule is CC(C)(S)c1ccc(Sc2ccc(C(=O)Cc3ccc(F)cc3)cc2)cc1. The van der Waals surface area contributed by atoms with Crippen LogP contribution in [0.15, 0.2) is 82.6 Å². The summed E-state index contributed by atoms with van der Waals surface area (Å²) in [6, 6.07) is 22.0. The van der Waals surface area contributed by atoms with Crippen molar-refractivity contribution in [2.24, 2.45) is 0 Å². The zero-order valence-electron chi connectivity index (χ0n) is 15.3. The van der Waals surface area contributed by atoms with E-state index in [1.165, 1.54) is 17.7 Å². The normalized spacial score (nSPS) is 11.4. The van der Waals surface area contributed by atoms with Gasteiger partial charge in [0.15, 0.2) is 5.78 Å². The third-order valence-corrected chi connectivity index (χ3v) is 5.52. The maximum atomic E-state index is 13.0. The molecular formula is C23H21FOS2. The molecule has 0 fully saturated rings. The van der Waals surface area contributed by atoms with E-state index in [9.17, 15) is 9.18 Å². The first-order valence-electron chi connectivity index (χ1n) is 8.70. The molecule has 3 aromatic rings. The summed E-state index contributed by atoms with van der Waals surface area (Å²) in [5, 5.41) is 0. The number of halogens is 1. The lowest BCUT2D eigenvalue weighted by atomic mass is 10.0. The van der Waals surface area contributed by atoms with Crippen molar-refractivity contribution < 1.29 is 9.18 Å². The van der Waals surface area contributed by atoms with Crippen molar-refractivity contribution in [3.05, 3.63) is 95.3 Å². The molecule has 0 bridgehead atoms. The zero-order valence-corrected chi connectivity index (χ0v) is 17.0. The van der Waals surface area contributed by atoms with Gasteiger partial charge in [-0.3, -0.25) is 4.79 Å². The first-order chi connectivity index (χ1) is 12.8. The molecule has 138 valence electrons. The quantitative estimate of drug-likeness (QED) is 0.375. The molecule has 0 aliphatic heterocycles. The van der Waals surface area contributed by atoms with Crippen LogP contribution in [-0.2, 0) is 11.2 Å². The molecule has 0 N–H and O–H groups in total. The van der Waals surface area contributed by atoms with Gasteiger partial charge >= 0.3 is 0 Å². The average molecular weight is 397 g/mol. The summed E-state index contributed by atoms with van der Waals surface area (Å²) in [6.45, 7) is 4.14. The second-order valence-electron chi connectivity index (χ2n) is 6.94. The topological polar surface area (TPSA) is 17.1 Å². The van der Waals surface area contributed by atoms with E-state index < -0.39 is 0 Å². The van der Waals surface area contributed by atoms with Gasteiger partial charge < -0.3 is 0 Å². The van der Waals surface area contributed by atoms with Gasteiger partial charge in [-0.15, -0.1) is 0 Å². The Kier molecular flexibility index (Phi) is 6.08. The minimum absolute atomic E-state index is 0.0264. The first-order valence-corrected chi connectivity index (χ1v) is 9.96. The Hall–Kier alpha value is -2.04. The van der Waals surface area contributed by atoms with Crippen LogP contribution in [-0.4, -0.2) is 5.78 Å². The van der Waals surface area contributed by atoms with Crippen molar-refractivity contribution in [2.75, 3.05) is 0 Å². The standard InChI is InChI=1S/C23H21FOS2/c1-23(2,26)18-7-13-21(14-8-18)27-20-11-5-17(6-12-20)22(25)15-16-3-9-19(24)10-4-16/h3-14,26H,15H2,1-2H3. The molecule has 0 aromatic heterocycles. The highest BCUT2D eigenvalue weighted by Gasteiger charge is 2.14. The first kappa shape index (κ1) is 19.7. The Morgan fingerprint density at radius 1 is 0.889 bits per heavy atom. The summed E-state index contributed by atoms with van der Waals surface area (Å²) in [5.74, 6) is -0.267. The van der Waals surface area contributed by atoms with E-state index in [0.717, 1.165) is 15.4 Å². The fraction of sp³-hybridized carbons (Fsp3) is 0.174. The number of carbonyl (C=O) groups excluding carboxylic acids is 1. The Morgan fingerprint density at radius 3 is 1.93 bits per heavy atom. The van der Waals surface area contributed by atoms with Crippen LogP contribution in [0.2, 0.25) is 0 Å². The van der Waals surface area contributed by atoms with Crippen LogP contribution in [0.25, 0.3) is 0 Å². The third kappa shape index (κ3) is 5.47. The van der Waals surface area contributed by atoms with Crippen LogP contribution in [0, 0.1) is 5.82 Å². The molecule has 0 atom stereocenters. The van der Waals surface area contributed by atoms with Gasteiger partial charge in [0.2, 0.25) is 0 Å². The molecule has 0 aliphatic carbocycles. The summed E-state index contributed by atoms with van der Waals surface area (Å²) in [7, 11) is 0. The van der Waals surface area contributed by atoms with E-state index in [1.54, 1.807) is 23.9 Å². The van der Waals surface area contributed by atoms with Crippen molar-refractivity contribution in [1.82, 2.24) is 0 Å². The zero-order chi connectivity index (χ0) is 19.4. The monoisotopic (exact) mass is 396 g/mol. The number of benzene rings is 3. The van der Waals surface area contributed by atoms with E-state index in [4.69, 9.17) is 0 Å². The summed E-state index contributed by atoms with van der Waals surface area (Å²) < 4.78 is 12.8. The van der Waals surface area contributed by atoms with Gasteiger partial charge in [-0.1, -0.05) is 48.2 Å². The van der Waals surface area contributed by atoms with E-state index in [-0.39, 0.29) is 22.8 Å². The van der Waals surface area contributed by atoms with Crippen LogP contribution < -0.4 is 0 Å². The lowest BCUT2D eigenvalue weighted by Crippen LogP contribution is -2.06. The van der Waals surface area contributed by atoms with Crippen LogP contribution in [0.1, 0.15) is 35.3 Å². The highest BCUT2D eigenvalue weighted by atomic mass is 32.2. The van der Waals surface area contributed by atoms with Crippen LogP contribution in [0.3, 0.4) is 0 Å². The molecule has 27 heavy (non-hydrogen) atoms. The molecule has 4 heteroatoms. The second kappa shape index (κ2) is 8.32. The molecule has 0 aliphatic rings. The smallest absolute Gasteiger partial charge is 0.167 e. The molecule has 0 saturated carbocycles. The number of Topliss-reactive ketones (excluding diaryl/α,β-unsaturated/α-hetero) is 1. The fourth-order valence-electron chi connectivity index (χ4n) is 2.67. The predicted octanol–water partition coefficient (Wildman–Crippen LogP) is 6.57. The van der Waals surface area contributed by atoms with E-state index >= 15 is 0 Å². The lowest BCUT2D eigenvalue weighted by molar-refractivity contribution is 0.0993. The fourth-order valence-corrected chi connectivity index (χ4v) is 3.63. The second-order valence-corrected chi connectivity index (χ2v) is 9.20. The molecule has 0 spiro atoms. The molecule has 0 unspecified atom stereocenters. The maximum Gasteiger partial charge on any atom is 0.167 e. The van der Waals surface area contributed by atoms with Gasteiger partial charge in [0.1, 0.15) is 5.82 Å². The Labute approximate surface area is 169 Å². The summed E-state index contributed by atoms with van der Waals surface area (Å²) in [6.07, 6.45) is 0.272.